The van der Waals surface area contributed by atoms with Gasteiger partial charge in [0.25, 0.3) is 0 Å². The van der Waals surface area contributed by atoms with Gasteiger partial charge in [0.1, 0.15) is 0 Å². The summed E-state index contributed by atoms with van der Waals surface area (Å²) in [5, 5.41) is 14.7. The van der Waals surface area contributed by atoms with Crippen LogP contribution in [0.1, 0.15) is 32.8 Å². The molecule has 2 atom stereocenters. The molecule has 0 aliphatic heterocycles. The van der Waals surface area contributed by atoms with Crippen molar-refractivity contribution >= 4 is 17.5 Å². The highest BCUT2D eigenvalue weighted by atomic mass is 19.4. The van der Waals surface area contributed by atoms with Crippen LogP contribution in [0.2, 0.25) is 0 Å². The van der Waals surface area contributed by atoms with Crippen molar-refractivity contribution in [2.45, 2.75) is 39.0 Å². The molecule has 0 saturated carbocycles. The fraction of sp³-hybridized carbons (Fsp3) is 0.500. The topological polar surface area (TPSA) is 78.4 Å². The largest absolute Gasteiger partial charge is 0.416 e. The molecule has 0 unspecified atom stereocenters. The van der Waals surface area contributed by atoms with Crippen molar-refractivity contribution in [1.29, 1.82) is 0 Å². The van der Waals surface area contributed by atoms with E-state index in [4.69, 9.17) is 0 Å². The second-order valence-electron chi connectivity index (χ2n) is 5.88. The molecule has 134 valence electrons. The van der Waals surface area contributed by atoms with E-state index in [0.29, 0.717) is 6.42 Å². The molecule has 0 aromatic heterocycles. The molecule has 2 amide bonds. The number of carbonyl (C=O) groups is 2. The summed E-state index contributed by atoms with van der Waals surface area (Å²) in [6, 6.07) is 3.73. The van der Waals surface area contributed by atoms with E-state index in [1.54, 1.807) is 6.92 Å². The third-order valence-electron chi connectivity index (χ3n) is 3.96. The lowest BCUT2D eigenvalue weighted by Gasteiger charge is -2.29. The number of aliphatic hydroxyl groups is 1. The Morgan fingerprint density at radius 2 is 1.71 bits per heavy atom. The van der Waals surface area contributed by atoms with Crippen LogP contribution in [0.15, 0.2) is 24.3 Å². The minimum Gasteiger partial charge on any atom is -0.388 e. The average molecular weight is 346 g/mol. The molecule has 0 radical (unpaired) electrons. The minimum atomic E-state index is -4.47. The number of benzene rings is 1. The van der Waals surface area contributed by atoms with Gasteiger partial charge in [-0.25, -0.2) is 0 Å². The predicted molar refractivity (Wildman–Crippen MR) is 83.2 cm³/mol. The van der Waals surface area contributed by atoms with Gasteiger partial charge in [0.05, 0.1) is 11.2 Å². The standard InChI is InChI=1S/C16H21F3N2O3/c1-4-10(2)15(3,24)9-20-13(22)14(23)21-12-7-5-11(6-8-12)16(17,18)19/h5-8,10,24H,4,9H2,1-3H3,(H,20,22)(H,21,23)/t10-,15-/m1/s1. The summed E-state index contributed by atoms with van der Waals surface area (Å²) in [6.07, 6.45) is -3.78. The first kappa shape index (κ1) is 20.0. The van der Waals surface area contributed by atoms with Gasteiger partial charge in [-0.15, -0.1) is 0 Å². The highest BCUT2D eigenvalue weighted by Crippen LogP contribution is 2.29. The van der Waals surface area contributed by atoms with Gasteiger partial charge < -0.3 is 15.7 Å². The lowest BCUT2D eigenvalue weighted by atomic mass is 9.89. The van der Waals surface area contributed by atoms with Crippen molar-refractivity contribution in [3.8, 4) is 0 Å². The Morgan fingerprint density at radius 1 is 1.17 bits per heavy atom. The van der Waals surface area contributed by atoms with Gasteiger partial charge in [0, 0.05) is 12.2 Å². The molecule has 0 spiro atoms. The van der Waals surface area contributed by atoms with Crippen LogP contribution in [-0.2, 0) is 15.8 Å². The Bertz CT molecular complexity index is 583. The van der Waals surface area contributed by atoms with E-state index in [1.807, 2.05) is 13.8 Å². The summed E-state index contributed by atoms with van der Waals surface area (Å²) < 4.78 is 37.3. The first-order valence-corrected chi connectivity index (χ1v) is 7.46. The van der Waals surface area contributed by atoms with Gasteiger partial charge in [-0.1, -0.05) is 20.3 Å². The van der Waals surface area contributed by atoms with Crippen molar-refractivity contribution in [3.05, 3.63) is 29.8 Å². The number of halogens is 3. The average Bonchev–Trinajstić information content (AvgIpc) is 2.51. The molecule has 24 heavy (non-hydrogen) atoms. The van der Waals surface area contributed by atoms with Crippen molar-refractivity contribution in [2.75, 3.05) is 11.9 Å². The van der Waals surface area contributed by atoms with Crippen LogP contribution in [0.3, 0.4) is 0 Å². The molecule has 1 aromatic carbocycles. The van der Waals surface area contributed by atoms with Gasteiger partial charge in [0.2, 0.25) is 0 Å². The van der Waals surface area contributed by atoms with Crippen LogP contribution >= 0.6 is 0 Å². The summed E-state index contributed by atoms with van der Waals surface area (Å²) in [5.74, 6) is -2.08. The second kappa shape index (κ2) is 7.65. The Kier molecular flexibility index (Phi) is 6.36. The maximum absolute atomic E-state index is 12.4. The number of amides is 2. The van der Waals surface area contributed by atoms with Crippen molar-refractivity contribution in [3.63, 3.8) is 0 Å². The summed E-state index contributed by atoms with van der Waals surface area (Å²) >= 11 is 0. The number of hydrogen-bond donors (Lipinski definition) is 3. The third kappa shape index (κ3) is 5.52. The lowest BCUT2D eigenvalue weighted by molar-refractivity contribution is -0.137. The molecule has 0 bridgehead atoms. The predicted octanol–water partition coefficient (Wildman–Crippen LogP) is 2.56. The Morgan fingerprint density at radius 3 is 2.17 bits per heavy atom. The summed E-state index contributed by atoms with van der Waals surface area (Å²) in [6.45, 7) is 5.14. The van der Waals surface area contributed by atoms with Crippen molar-refractivity contribution in [2.24, 2.45) is 5.92 Å². The summed E-state index contributed by atoms with van der Waals surface area (Å²) in [5.41, 5.74) is -1.95. The number of nitrogens with one attached hydrogen (secondary N) is 2. The second-order valence-corrected chi connectivity index (χ2v) is 5.88. The lowest BCUT2D eigenvalue weighted by Crippen LogP contribution is -2.47. The normalized spacial score (nSPS) is 15.3. The molecule has 0 aliphatic carbocycles. The highest BCUT2D eigenvalue weighted by Gasteiger charge is 2.30. The van der Waals surface area contributed by atoms with Crippen molar-refractivity contribution < 1.29 is 27.9 Å². The molecule has 0 aliphatic rings. The number of alkyl halides is 3. The van der Waals surface area contributed by atoms with Gasteiger partial charge in [-0.3, -0.25) is 9.59 Å². The zero-order chi connectivity index (χ0) is 18.5. The van der Waals surface area contributed by atoms with E-state index in [-0.39, 0.29) is 18.2 Å². The molecular formula is C16H21F3N2O3. The van der Waals surface area contributed by atoms with E-state index in [2.05, 4.69) is 10.6 Å². The summed E-state index contributed by atoms with van der Waals surface area (Å²) in [4.78, 5) is 23.4. The van der Waals surface area contributed by atoms with E-state index in [1.165, 1.54) is 0 Å². The van der Waals surface area contributed by atoms with Crippen LogP contribution in [0.5, 0.6) is 0 Å². The molecule has 3 N–H and O–H groups in total. The van der Waals surface area contributed by atoms with E-state index >= 15 is 0 Å². The van der Waals surface area contributed by atoms with Crippen LogP contribution in [-0.4, -0.2) is 29.1 Å². The van der Waals surface area contributed by atoms with Crippen LogP contribution in [0.25, 0.3) is 0 Å². The van der Waals surface area contributed by atoms with Crippen LogP contribution in [0, 0.1) is 5.92 Å². The van der Waals surface area contributed by atoms with Crippen LogP contribution < -0.4 is 10.6 Å². The third-order valence-corrected chi connectivity index (χ3v) is 3.96. The van der Waals surface area contributed by atoms with E-state index in [9.17, 15) is 27.9 Å². The molecule has 5 nitrogen and oxygen atoms in total. The van der Waals surface area contributed by atoms with Crippen molar-refractivity contribution in [1.82, 2.24) is 5.32 Å². The van der Waals surface area contributed by atoms with Gasteiger partial charge in [-0.2, -0.15) is 13.2 Å². The first-order valence-electron chi connectivity index (χ1n) is 7.46. The monoisotopic (exact) mass is 346 g/mol. The Labute approximate surface area is 138 Å². The highest BCUT2D eigenvalue weighted by molar-refractivity contribution is 6.39. The zero-order valence-electron chi connectivity index (χ0n) is 13.7. The van der Waals surface area contributed by atoms with Gasteiger partial charge in [0.15, 0.2) is 0 Å². The van der Waals surface area contributed by atoms with Gasteiger partial charge in [-0.05, 0) is 37.1 Å². The molecular weight excluding hydrogens is 325 g/mol. The maximum Gasteiger partial charge on any atom is 0.416 e. The molecule has 1 aromatic rings. The SMILES string of the molecule is CC[C@@H](C)[C@](C)(O)CNC(=O)C(=O)Nc1ccc(C(F)(F)F)cc1. The number of anilines is 1. The number of rotatable bonds is 5. The quantitative estimate of drug-likeness (QED) is 0.717. The summed E-state index contributed by atoms with van der Waals surface area (Å²) in [7, 11) is 0. The zero-order valence-corrected chi connectivity index (χ0v) is 13.7. The maximum atomic E-state index is 12.4. The minimum absolute atomic E-state index is 0.0665. The molecule has 0 saturated heterocycles. The number of hydrogen-bond acceptors (Lipinski definition) is 3. The van der Waals surface area contributed by atoms with Crippen LogP contribution in [0.4, 0.5) is 18.9 Å². The smallest absolute Gasteiger partial charge is 0.388 e. The van der Waals surface area contributed by atoms with E-state index < -0.39 is 29.2 Å². The Balaban J connectivity index is 2.60. The molecule has 8 heteroatoms. The molecule has 1 rings (SSSR count). The Hall–Kier alpha value is -2.09. The van der Waals surface area contributed by atoms with Gasteiger partial charge >= 0.3 is 18.0 Å². The number of carbonyl (C=O) groups excluding carboxylic acids is 2. The fourth-order valence-electron chi connectivity index (χ4n) is 1.88. The molecule has 0 fully saturated rings. The molecule has 0 heterocycles. The first-order chi connectivity index (χ1) is 11.0. The fourth-order valence-corrected chi connectivity index (χ4v) is 1.88. The van der Waals surface area contributed by atoms with E-state index in [0.717, 1.165) is 24.3 Å².